The number of sulfonamides is 1. The maximum absolute atomic E-state index is 13.0. The van der Waals surface area contributed by atoms with Gasteiger partial charge in [0.25, 0.3) is 5.91 Å². The average Bonchev–Trinajstić information content (AvgIpc) is 3.24. The van der Waals surface area contributed by atoms with Crippen LogP contribution in [0.4, 0.5) is 4.39 Å². The summed E-state index contributed by atoms with van der Waals surface area (Å²) < 4.78 is 41.4. The molecule has 2 heterocycles. The highest BCUT2D eigenvalue weighted by molar-refractivity contribution is 7.89. The van der Waals surface area contributed by atoms with Crippen molar-refractivity contribution in [3.63, 3.8) is 0 Å². The second-order valence-corrected chi connectivity index (χ2v) is 9.45. The zero-order valence-corrected chi connectivity index (χ0v) is 17.9. The maximum atomic E-state index is 13.0. The van der Waals surface area contributed by atoms with Crippen molar-refractivity contribution in [3.8, 4) is 0 Å². The first-order valence-corrected chi connectivity index (χ1v) is 11.3. The van der Waals surface area contributed by atoms with Gasteiger partial charge in [0, 0.05) is 31.2 Å². The first-order valence-electron chi connectivity index (χ1n) is 9.52. The third-order valence-electron chi connectivity index (χ3n) is 4.99. The molecular formula is C20H19ClFN5O3S. The fourth-order valence-electron chi connectivity index (χ4n) is 3.30. The summed E-state index contributed by atoms with van der Waals surface area (Å²) in [5.74, 6) is -0.635. The van der Waals surface area contributed by atoms with E-state index in [0.29, 0.717) is 11.6 Å². The molecule has 1 aromatic heterocycles. The Morgan fingerprint density at radius 2 is 1.65 bits per heavy atom. The molecule has 0 radical (unpaired) electrons. The number of benzene rings is 2. The Hall–Kier alpha value is -2.82. The summed E-state index contributed by atoms with van der Waals surface area (Å²) in [6.45, 7) is 1.21. The van der Waals surface area contributed by atoms with E-state index in [9.17, 15) is 17.6 Å². The van der Waals surface area contributed by atoms with Crippen LogP contribution >= 0.6 is 11.6 Å². The smallest absolute Gasteiger partial charge is 0.276 e. The Bertz CT molecular complexity index is 1170. The number of hydrogen-bond acceptors (Lipinski definition) is 5. The molecule has 3 aromatic rings. The minimum absolute atomic E-state index is 0.167. The van der Waals surface area contributed by atoms with E-state index in [1.54, 1.807) is 17.0 Å². The molecule has 31 heavy (non-hydrogen) atoms. The van der Waals surface area contributed by atoms with E-state index in [1.807, 2.05) is 0 Å². The lowest BCUT2D eigenvalue weighted by molar-refractivity contribution is 0.0692. The molecule has 2 aromatic carbocycles. The van der Waals surface area contributed by atoms with Gasteiger partial charge in [0.2, 0.25) is 10.0 Å². The highest BCUT2D eigenvalue weighted by Gasteiger charge is 2.31. The average molecular weight is 464 g/mol. The highest BCUT2D eigenvalue weighted by Crippen LogP contribution is 2.20. The molecule has 11 heteroatoms. The number of piperazine rings is 1. The van der Waals surface area contributed by atoms with Gasteiger partial charge in [-0.15, -0.1) is 5.10 Å². The van der Waals surface area contributed by atoms with Crippen molar-refractivity contribution >= 4 is 27.5 Å². The Morgan fingerprint density at radius 1 is 1.00 bits per heavy atom. The van der Waals surface area contributed by atoms with Crippen LogP contribution in [0.5, 0.6) is 0 Å². The summed E-state index contributed by atoms with van der Waals surface area (Å²) >= 11 is 5.83. The van der Waals surface area contributed by atoms with Crippen LogP contribution in [0.3, 0.4) is 0 Å². The zero-order chi connectivity index (χ0) is 22.0. The molecule has 0 aliphatic carbocycles. The predicted octanol–water partition coefficient (Wildman–Crippen LogP) is 2.27. The van der Waals surface area contributed by atoms with E-state index in [0.717, 1.165) is 5.56 Å². The maximum Gasteiger partial charge on any atom is 0.276 e. The van der Waals surface area contributed by atoms with Crippen LogP contribution in [0, 0.1) is 5.82 Å². The van der Waals surface area contributed by atoms with Gasteiger partial charge in [-0.2, -0.15) is 4.31 Å². The third kappa shape index (κ3) is 4.76. The second-order valence-electron chi connectivity index (χ2n) is 7.08. The van der Waals surface area contributed by atoms with Crippen LogP contribution in [0.1, 0.15) is 16.1 Å². The van der Waals surface area contributed by atoms with Crippen molar-refractivity contribution in [3.05, 3.63) is 76.8 Å². The molecule has 1 fully saturated rings. The van der Waals surface area contributed by atoms with Gasteiger partial charge in [-0.1, -0.05) is 28.9 Å². The summed E-state index contributed by atoms with van der Waals surface area (Å²) in [6.07, 6.45) is 1.53. The lowest BCUT2D eigenvalue weighted by atomic mass is 10.2. The first-order chi connectivity index (χ1) is 14.8. The number of hydrogen-bond donors (Lipinski definition) is 0. The van der Waals surface area contributed by atoms with Crippen LogP contribution in [-0.2, 0) is 16.6 Å². The Kier molecular flexibility index (Phi) is 6.03. The van der Waals surface area contributed by atoms with Crippen LogP contribution in [-0.4, -0.2) is 64.7 Å². The van der Waals surface area contributed by atoms with E-state index in [4.69, 9.17) is 11.6 Å². The number of halogens is 2. The lowest BCUT2D eigenvalue weighted by Gasteiger charge is -2.33. The number of rotatable bonds is 5. The van der Waals surface area contributed by atoms with E-state index in [2.05, 4.69) is 10.3 Å². The Labute approximate surface area is 183 Å². The molecule has 0 spiro atoms. The number of carbonyl (C=O) groups is 1. The van der Waals surface area contributed by atoms with Gasteiger partial charge >= 0.3 is 0 Å². The SMILES string of the molecule is O=C(c1cn(Cc2ccc(F)cc2)nn1)N1CCN(S(=O)(=O)c2ccc(Cl)cc2)CC1. The van der Waals surface area contributed by atoms with Gasteiger partial charge in [-0.05, 0) is 42.0 Å². The summed E-state index contributed by atoms with van der Waals surface area (Å²) in [5, 5.41) is 8.35. The molecule has 4 rings (SSSR count). The normalized spacial score (nSPS) is 15.2. The number of aromatic nitrogens is 3. The number of nitrogens with zero attached hydrogens (tertiary/aromatic N) is 5. The second kappa shape index (κ2) is 8.74. The van der Waals surface area contributed by atoms with Gasteiger partial charge in [0.15, 0.2) is 5.69 Å². The largest absolute Gasteiger partial charge is 0.335 e. The molecule has 1 aliphatic rings. The number of carbonyl (C=O) groups excluding carboxylic acids is 1. The van der Waals surface area contributed by atoms with Crippen molar-refractivity contribution in [2.24, 2.45) is 0 Å². The molecular weight excluding hydrogens is 445 g/mol. The topological polar surface area (TPSA) is 88.4 Å². The molecule has 1 aliphatic heterocycles. The molecule has 0 atom stereocenters. The third-order valence-corrected chi connectivity index (χ3v) is 7.16. The van der Waals surface area contributed by atoms with Crippen molar-refractivity contribution in [1.82, 2.24) is 24.2 Å². The van der Waals surface area contributed by atoms with Crippen molar-refractivity contribution < 1.29 is 17.6 Å². The van der Waals surface area contributed by atoms with Gasteiger partial charge in [0.05, 0.1) is 17.6 Å². The van der Waals surface area contributed by atoms with E-state index in [1.165, 1.54) is 51.6 Å². The van der Waals surface area contributed by atoms with Crippen LogP contribution in [0.25, 0.3) is 0 Å². The summed E-state index contributed by atoms with van der Waals surface area (Å²) in [7, 11) is -3.65. The van der Waals surface area contributed by atoms with Gasteiger partial charge in [-0.3, -0.25) is 4.79 Å². The lowest BCUT2D eigenvalue weighted by Crippen LogP contribution is -2.50. The Balaban J connectivity index is 1.38. The fourth-order valence-corrected chi connectivity index (χ4v) is 4.85. The Morgan fingerprint density at radius 3 is 2.29 bits per heavy atom. The van der Waals surface area contributed by atoms with Crippen LogP contribution < -0.4 is 0 Å². The van der Waals surface area contributed by atoms with Crippen molar-refractivity contribution in [2.75, 3.05) is 26.2 Å². The van der Waals surface area contributed by atoms with E-state index in [-0.39, 0.29) is 48.5 Å². The van der Waals surface area contributed by atoms with E-state index >= 15 is 0 Å². The van der Waals surface area contributed by atoms with Crippen LogP contribution in [0.15, 0.2) is 59.6 Å². The highest BCUT2D eigenvalue weighted by atomic mass is 35.5. The van der Waals surface area contributed by atoms with E-state index < -0.39 is 10.0 Å². The fraction of sp³-hybridized carbons (Fsp3) is 0.250. The zero-order valence-electron chi connectivity index (χ0n) is 16.4. The molecule has 8 nitrogen and oxygen atoms in total. The molecule has 162 valence electrons. The monoisotopic (exact) mass is 463 g/mol. The van der Waals surface area contributed by atoms with Gasteiger partial charge < -0.3 is 4.90 Å². The molecule has 1 saturated heterocycles. The minimum Gasteiger partial charge on any atom is -0.335 e. The minimum atomic E-state index is -3.65. The summed E-state index contributed by atoms with van der Waals surface area (Å²) in [5.41, 5.74) is 1.00. The molecule has 0 unspecified atom stereocenters. The predicted molar refractivity (Wildman–Crippen MR) is 112 cm³/mol. The van der Waals surface area contributed by atoms with Crippen molar-refractivity contribution in [1.29, 1.82) is 0 Å². The van der Waals surface area contributed by atoms with Crippen LogP contribution in [0.2, 0.25) is 5.02 Å². The summed E-state index contributed by atoms with van der Waals surface area (Å²) in [6, 6.07) is 12.0. The molecule has 0 N–H and O–H groups in total. The van der Waals surface area contributed by atoms with Crippen molar-refractivity contribution in [2.45, 2.75) is 11.4 Å². The van der Waals surface area contributed by atoms with Gasteiger partial charge in [-0.25, -0.2) is 17.5 Å². The molecule has 1 amide bonds. The van der Waals surface area contributed by atoms with Gasteiger partial charge in [0.1, 0.15) is 5.82 Å². The first kappa shape index (κ1) is 21.4. The quantitative estimate of drug-likeness (QED) is 0.579. The molecule has 0 saturated carbocycles. The summed E-state index contributed by atoms with van der Waals surface area (Å²) in [4.78, 5) is 14.5. The number of amides is 1. The molecule has 0 bridgehead atoms. The standard InChI is InChI=1S/C20H19ClFN5O3S/c21-16-3-7-18(8-4-16)31(29,30)27-11-9-25(10-12-27)20(28)19-14-26(24-23-19)13-15-1-5-17(22)6-2-15/h1-8,14H,9-13H2.